The summed E-state index contributed by atoms with van der Waals surface area (Å²) in [4.78, 5) is 9.16. The quantitative estimate of drug-likeness (QED) is 0.444. The molecule has 0 amide bonds. The van der Waals surface area contributed by atoms with Gasteiger partial charge in [0.05, 0.1) is 20.8 Å². The topological polar surface area (TPSA) is 80.4 Å². The molecule has 7 nitrogen and oxygen atoms in total. The van der Waals surface area contributed by atoms with E-state index in [1.54, 1.807) is 0 Å². The first-order chi connectivity index (χ1) is 14.6. The fourth-order valence-electron chi connectivity index (χ4n) is 4.63. The van der Waals surface area contributed by atoms with Gasteiger partial charge in [0.15, 0.2) is 5.82 Å². The van der Waals surface area contributed by atoms with E-state index in [1.165, 1.54) is 5.69 Å². The van der Waals surface area contributed by atoms with Crippen LogP contribution in [0.2, 0.25) is 0 Å². The molecule has 2 aromatic heterocycles. The predicted octanol–water partition coefficient (Wildman–Crippen LogP) is 3.91. The normalized spacial score (nSPS) is 20.5. The first-order valence-electron chi connectivity index (χ1n) is 9.88. The number of rotatable bonds is 4. The van der Waals surface area contributed by atoms with Gasteiger partial charge in [0.2, 0.25) is 0 Å². The van der Waals surface area contributed by atoms with E-state index in [-0.39, 0.29) is 0 Å². The molecule has 3 atom stereocenters. The summed E-state index contributed by atoms with van der Waals surface area (Å²) in [6, 6.07) is 14.9. The first kappa shape index (κ1) is 19.5. The average molecular weight is 485 g/mol. The Kier molecular flexibility index (Phi) is 5.21. The minimum atomic E-state index is 0.428. The van der Waals surface area contributed by atoms with Gasteiger partial charge in [0.1, 0.15) is 10.4 Å². The first-order valence-corrected chi connectivity index (χ1v) is 11.1. The van der Waals surface area contributed by atoms with Gasteiger partial charge in [-0.2, -0.15) is 0 Å². The Morgan fingerprint density at radius 3 is 2.57 bits per heavy atom. The van der Waals surface area contributed by atoms with E-state index >= 15 is 0 Å². The largest absolute Gasteiger partial charge is 0.480 e. The number of piperazine rings is 1. The highest BCUT2D eigenvalue weighted by Gasteiger charge is 2.40. The Bertz CT molecular complexity index is 1070. The Balaban J connectivity index is 1.45. The molecule has 2 bridgehead atoms. The van der Waals surface area contributed by atoms with Gasteiger partial charge in [0, 0.05) is 42.6 Å². The Morgan fingerprint density at radius 1 is 1.07 bits per heavy atom. The van der Waals surface area contributed by atoms with Crippen LogP contribution in [-0.4, -0.2) is 40.4 Å². The number of benzene rings is 1. The van der Waals surface area contributed by atoms with Gasteiger partial charge in [-0.25, -0.2) is 4.98 Å². The van der Waals surface area contributed by atoms with E-state index < -0.39 is 0 Å². The molecule has 0 radical (unpaired) electrons. The fourth-order valence-corrected chi connectivity index (χ4v) is 5.19. The van der Waals surface area contributed by atoms with E-state index in [0.717, 1.165) is 53.2 Å². The van der Waals surface area contributed by atoms with Gasteiger partial charge in [-0.05, 0) is 59.1 Å². The zero-order chi connectivity index (χ0) is 20.7. The maximum Gasteiger partial charge on any atom is 0.169 e. The fraction of sp³-hybridized carbons (Fsp3) is 0.286. The number of anilines is 3. The number of fused-ring (bicyclic) bond motifs is 2. The third kappa shape index (κ3) is 3.48. The lowest BCUT2D eigenvalue weighted by Crippen LogP contribution is -2.54. The zero-order valence-corrected chi connectivity index (χ0v) is 19.0. The van der Waals surface area contributed by atoms with Crippen molar-refractivity contribution < 1.29 is 4.52 Å². The van der Waals surface area contributed by atoms with Crippen LogP contribution in [0.4, 0.5) is 17.2 Å². The van der Waals surface area contributed by atoms with Crippen molar-refractivity contribution in [2.45, 2.75) is 24.9 Å². The molecule has 3 aromatic rings. The van der Waals surface area contributed by atoms with Crippen molar-refractivity contribution in [3.05, 3.63) is 53.3 Å². The molecule has 30 heavy (non-hydrogen) atoms. The highest BCUT2D eigenvalue weighted by Crippen LogP contribution is 2.39. The number of halogens is 1. The molecular weight excluding hydrogens is 463 g/mol. The highest BCUT2D eigenvalue weighted by atomic mass is 79.9. The van der Waals surface area contributed by atoms with Gasteiger partial charge in [-0.1, -0.05) is 12.1 Å². The summed E-state index contributed by atoms with van der Waals surface area (Å²) < 4.78 is 6.29. The number of nitrogens with two attached hydrogens (primary N) is 1. The highest BCUT2D eigenvalue weighted by molar-refractivity contribution is 9.10. The lowest BCUT2D eigenvalue weighted by molar-refractivity contribution is 0.534. The van der Waals surface area contributed by atoms with Crippen LogP contribution < -0.4 is 20.1 Å². The third-order valence-corrected chi connectivity index (χ3v) is 6.61. The number of aromatic nitrogens is 3. The summed E-state index contributed by atoms with van der Waals surface area (Å²) in [5.74, 6) is 1.20. The molecule has 154 valence electrons. The van der Waals surface area contributed by atoms with Gasteiger partial charge in [-0.15, -0.1) is 10.2 Å². The molecule has 1 aromatic carbocycles. The smallest absolute Gasteiger partial charge is 0.169 e. The van der Waals surface area contributed by atoms with Crippen LogP contribution in [0, 0.1) is 0 Å². The van der Waals surface area contributed by atoms with Crippen molar-refractivity contribution in [1.82, 2.24) is 15.2 Å². The molecule has 2 aliphatic heterocycles. The SMILES string of the molecule is Nc1nnc(-c2ccccc2OP)cc1N1CC2CCC(C1)N2c1ccnc(Br)c1. The van der Waals surface area contributed by atoms with Crippen molar-refractivity contribution >= 4 is 42.6 Å². The van der Waals surface area contributed by atoms with Crippen LogP contribution in [-0.2, 0) is 0 Å². The molecule has 2 aliphatic rings. The molecule has 3 unspecified atom stereocenters. The summed E-state index contributed by atoms with van der Waals surface area (Å²) in [6.07, 6.45) is 4.18. The number of hydrogen-bond donors (Lipinski definition) is 1. The Hall–Kier alpha value is -2.44. The van der Waals surface area contributed by atoms with Crippen LogP contribution in [0.3, 0.4) is 0 Å². The summed E-state index contributed by atoms with van der Waals surface area (Å²) in [5, 5.41) is 8.59. The average Bonchev–Trinajstić information content (AvgIpc) is 3.03. The molecule has 2 fully saturated rings. The Morgan fingerprint density at radius 2 is 1.83 bits per heavy atom. The van der Waals surface area contributed by atoms with Gasteiger partial charge < -0.3 is 20.1 Å². The standard InChI is InChI=1S/C21H22BrN6OP/c22-20-9-13(7-8-24-20)28-14-5-6-15(28)12-27(11-14)18-10-17(25-26-21(18)23)16-3-1-2-4-19(16)29-30/h1-4,7-10,14-15H,5-6,11-12,30H2,(H2,23,26). The van der Waals surface area contributed by atoms with Crippen molar-refractivity contribution in [2.24, 2.45) is 0 Å². The summed E-state index contributed by atoms with van der Waals surface area (Å²) in [6.45, 7) is 1.79. The van der Waals surface area contributed by atoms with Crippen molar-refractivity contribution in [2.75, 3.05) is 28.6 Å². The van der Waals surface area contributed by atoms with Gasteiger partial charge in [-0.3, -0.25) is 0 Å². The van der Waals surface area contributed by atoms with Crippen LogP contribution in [0.25, 0.3) is 11.3 Å². The molecule has 9 heteroatoms. The molecule has 0 saturated carbocycles. The molecule has 2 N–H and O–H groups in total. The zero-order valence-electron chi connectivity index (χ0n) is 16.3. The van der Waals surface area contributed by atoms with Crippen molar-refractivity contribution in [3.8, 4) is 17.0 Å². The van der Waals surface area contributed by atoms with E-state index in [4.69, 9.17) is 10.3 Å². The van der Waals surface area contributed by atoms with Crippen LogP contribution in [0.1, 0.15) is 12.8 Å². The maximum atomic E-state index is 6.27. The summed E-state index contributed by atoms with van der Waals surface area (Å²) >= 11 is 3.50. The molecule has 0 aliphatic carbocycles. The van der Waals surface area contributed by atoms with E-state index in [1.807, 2.05) is 36.5 Å². The number of para-hydroxylation sites is 1. The van der Waals surface area contributed by atoms with Crippen LogP contribution >= 0.6 is 25.4 Å². The second-order valence-corrected chi connectivity index (χ2v) is 8.70. The van der Waals surface area contributed by atoms with E-state index in [0.29, 0.717) is 17.9 Å². The molecule has 2 saturated heterocycles. The second kappa shape index (κ2) is 8.00. The lowest BCUT2D eigenvalue weighted by Gasteiger charge is -2.43. The predicted molar refractivity (Wildman–Crippen MR) is 126 cm³/mol. The van der Waals surface area contributed by atoms with E-state index in [9.17, 15) is 0 Å². The Labute approximate surface area is 186 Å². The maximum absolute atomic E-state index is 6.27. The molecular formula is C21H22BrN6OP. The number of hydrogen-bond acceptors (Lipinski definition) is 7. The molecule has 5 rings (SSSR count). The third-order valence-electron chi connectivity index (χ3n) is 5.92. The number of pyridine rings is 1. The minimum Gasteiger partial charge on any atom is -0.480 e. The lowest BCUT2D eigenvalue weighted by atomic mass is 10.1. The number of nitrogen functional groups attached to an aromatic ring is 1. The van der Waals surface area contributed by atoms with Gasteiger partial charge in [0.25, 0.3) is 0 Å². The van der Waals surface area contributed by atoms with Crippen LogP contribution in [0.5, 0.6) is 5.75 Å². The minimum absolute atomic E-state index is 0.428. The number of nitrogens with zero attached hydrogens (tertiary/aromatic N) is 5. The second-order valence-electron chi connectivity index (χ2n) is 7.65. The van der Waals surface area contributed by atoms with Gasteiger partial charge >= 0.3 is 0 Å². The summed E-state index contributed by atoms with van der Waals surface area (Å²) in [7, 11) is 2.29. The monoisotopic (exact) mass is 484 g/mol. The van der Waals surface area contributed by atoms with Crippen LogP contribution in [0.15, 0.2) is 53.3 Å². The van der Waals surface area contributed by atoms with Crippen molar-refractivity contribution in [3.63, 3.8) is 0 Å². The molecule has 4 heterocycles. The molecule has 0 spiro atoms. The van der Waals surface area contributed by atoms with Crippen molar-refractivity contribution in [1.29, 1.82) is 0 Å². The van der Waals surface area contributed by atoms with E-state index in [2.05, 4.69) is 62.5 Å². The summed E-state index contributed by atoms with van der Waals surface area (Å²) in [5.41, 5.74) is 10.1.